The van der Waals surface area contributed by atoms with Crippen molar-refractivity contribution < 1.29 is 27.4 Å². The summed E-state index contributed by atoms with van der Waals surface area (Å²) in [4.78, 5) is 12.7. The van der Waals surface area contributed by atoms with Crippen LogP contribution in [0.3, 0.4) is 0 Å². The highest BCUT2D eigenvalue weighted by Crippen LogP contribution is 2.38. The standard InChI is InChI=1S/C23H30N2O6S/c1-23(2,3)16-9-10-20-19(13-16)25(32(5,27)28)15-21(31-20)22(26)24-11-12-30-18-8-6-7-17(14-18)29-4/h6-10,13-14,21H,11-12,15H2,1-5H3,(H,24,26). The quantitative estimate of drug-likeness (QED) is 0.636. The number of nitrogens with zero attached hydrogens (tertiary/aromatic N) is 1. The Bertz CT molecular complexity index is 1080. The lowest BCUT2D eigenvalue weighted by Gasteiger charge is -2.35. The topological polar surface area (TPSA) is 94.2 Å². The summed E-state index contributed by atoms with van der Waals surface area (Å²) in [5.74, 6) is 1.26. The highest BCUT2D eigenvalue weighted by Gasteiger charge is 2.35. The molecule has 32 heavy (non-hydrogen) atoms. The first-order valence-electron chi connectivity index (χ1n) is 10.3. The maximum absolute atomic E-state index is 12.7. The van der Waals surface area contributed by atoms with Gasteiger partial charge in [0, 0.05) is 6.07 Å². The Balaban J connectivity index is 1.66. The first-order chi connectivity index (χ1) is 15.0. The van der Waals surface area contributed by atoms with Crippen LogP contribution in [-0.4, -0.2) is 53.5 Å². The predicted molar refractivity (Wildman–Crippen MR) is 123 cm³/mol. The van der Waals surface area contributed by atoms with E-state index in [1.54, 1.807) is 25.3 Å². The number of hydrogen-bond donors (Lipinski definition) is 1. The summed E-state index contributed by atoms with van der Waals surface area (Å²) >= 11 is 0. The zero-order valence-electron chi connectivity index (χ0n) is 19.0. The second-order valence-electron chi connectivity index (χ2n) is 8.65. The molecule has 0 saturated heterocycles. The van der Waals surface area contributed by atoms with Gasteiger partial charge in [-0.15, -0.1) is 0 Å². The SMILES string of the molecule is COc1cccc(OCCNC(=O)C2CN(S(C)(=O)=O)c3cc(C(C)(C)C)ccc3O2)c1. The maximum Gasteiger partial charge on any atom is 0.263 e. The van der Waals surface area contributed by atoms with Gasteiger partial charge in [0.05, 0.1) is 32.1 Å². The van der Waals surface area contributed by atoms with Crippen molar-refractivity contribution in [2.24, 2.45) is 0 Å². The van der Waals surface area contributed by atoms with E-state index in [1.807, 2.05) is 45.0 Å². The lowest BCUT2D eigenvalue weighted by atomic mass is 9.86. The van der Waals surface area contributed by atoms with Crippen molar-refractivity contribution >= 4 is 21.6 Å². The Morgan fingerprint density at radius 1 is 1.19 bits per heavy atom. The molecule has 1 heterocycles. The molecule has 1 unspecified atom stereocenters. The monoisotopic (exact) mass is 462 g/mol. The number of carbonyl (C=O) groups is 1. The van der Waals surface area contributed by atoms with Gasteiger partial charge in [0.15, 0.2) is 6.10 Å². The largest absolute Gasteiger partial charge is 0.497 e. The molecule has 0 saturated carbocycles. The molecule has 0 aromatic heterocycles. The van der Waals surface area contributed by atoms with E-state index in [0.717, 1.165) is 11.8 Å². The zero-order valence-corrected chi connectivity index (χ0v) is 19.9. The van der Waals surface area contributed by atoms with E-state index >= 15 is 0 Å². The van der Waals surface area contributed by atoms with Gasteiger partial charge in [0.1, 0.15) is 23.9 Å². The maximum atomic E-state index is 12.7. The molecule has 0 aliphatic carbocycles. The van der Waals surface area contributed by atoms with E-state index in [4.69, 9.17) is 14.2 Å². The van der Waals surface area contributed by atoms with Crippen LogP contribution in [0.25, 0.3) is 0 Å². The van der Waals surface area contributed by atoms with Gasteiger partial charge in [-0.2, -0.15) is 0 Å². The van der Waals surface area contributed by atoms with Gasteiger partial charge in [-0.1, -0.05) is 32.9 Å². The van der Waals surface area contributed by atoms with Crippen molar-refractivity contribution in [3.05, 3.63) is 48.0 Å². The number of carbonyl (C=O) groups excluding carboxylic acids is 1. The minimum atomic E-state index is -3.60. The summed E-state index contributed by atoms with van der Waals surface area (Å²) in [6.07, 6.45) is 0.164. The lowest BCUT2D eigenvalue weighted by molar-refractivity contribution is -0.127. The van der Waals surface area contributed by atoms with Crippen LogP contribution < -0.4 is 23.8 Å². The number of amides is 1. The number of fused-ring (bicyclic) bond motifs is 1. The van der Waals surface area contributed by atoms with Crippen LogP contribution in [-0.2, 0) is 20.2 Å². The van der Waals surface area contributed by atoms with E-state index in [9.17, 15) is 13.2 Å². The van der Waals surface area contributed by atoms with E-state index in [-0.39, 0.29) is 25.1 Å². The third-order valence-electron chi connectivity index (χ3n) is 5.10. The molecule has 0 spiro atoms. The van der Waals surface area contributed by atoms with Crippen molar-refractivity contribution in [3.8, 4) is 17.2 Å². The van der Waals surface area contributed by atoms with Gasteiger partial charge in [-0.3, -0.25) is 9.10 Å². The summed E-state index contributed by atoms with van der Waals surface area (Å²) in [6.45, 7) is 6.53. The van der Waals surface area contributed by atoms with Gasteiger partial charge < -0.3 is 19.5 Å². The van der Waals surface area contributed by atoms with Gasteiger partial charge in [-0.25, -0.2) is 8.42 Å². The Morgan fingerprint density at radius 2 is 1.91 bits per heavy atom. The summed E-state index contributed by atoms with van der Waals surface area (Å²) in [5.41, 5.74) is 1.27. The van der Waals surface area contributed by atoms with Crippen LogP contribution >= 0.6 is 0 Å². The Hall–Kier alpha value is -2.94. The molecule has 0 fully saturated rings. The van der Waals surface area contributed by atoms with Gasteiger partial charge in [0.2, 0.25) is 10.0 Å². The zero-order chi connectivity index (χ0) is 23.5. The molecule has 0 bridgehead atoms. The third-order valence-corrected chi connectivity index (χ3v) is 6.24. The van der Waals surface area contributed by atoms with E-state index in [1.165, 1.54) is 4.31 Å². The van der Waals surface area contributed by atoms with Crippen LogP contribution in [0.1, 0.15) is 26.3 Å². The van der Waals surface area contributed by atoms with Crippen molar-refractivity contribution in [1.82, 2.24) is 5.32 Å². The number of rotatable bonds is 7. The molecule has 174 valence electrons. The van der Waals surface area contributed by atoms with Crippen molar-refractivity contribution in [2.45, 2.75) is 32.3 Å². The molecular weight excluding hydrogens is 432 g/mol. The van der Waals surface area contributed by atoms with Crippen molar-refractivity contribution in [3.63, 3.8) is 0 Å². The first-order valence-corrected chi connectivity index (χ1v) is 12.2. The fraction of sp³-hybridized carbons (Fsp3) is 0.435. The lowest BCUT2D eigenvalue weighted by Crippen LogP contribution is -2.51. The molecule has 8 nitrogen and oxygen atoms in total. The second kappa shape index (κ2) is 9.28. The molecule has 0 radical (unpaired) electrons. The summed E-state index contributed by atoms with van der Waals surface area (Å²) in [5, 5.41) is 2.75. The van der Waals surface area contributed by atoms with Gasteiger partial charge in [0.25, 0.3) is 5.91 Å². The number of benzene rings is 2. The van der Waals surface area contributed by atoms with Crippen LogP contribution in [0.4, 0.5) is 5.69 Å². The first kappa shape index (κ1) is 23.7. The molecule has 1 aliphatic heterocycles. The Kier molecular flexibility index (Phi) is 6.88. The smallest absolute Gasteiger partial charge is 0.263 e. The molecule has 9 heteroatoms. The third kappa shape index (κ3) is 5.64. The van der Waals surface area contributed by atoms with E-state index in [0.29, 0.717) is 22.9 Å². The molecule has 1 aliphatic rings. The summed E-state index contributed by atoms with van der Waals surface area (Å²) in [7, 11) is -2.02. The van der Waals surface area contributed by atoms with Gasteiger partial charge in [-0.05, 0) is 35.2 Å². The molecule has 1 N–H and O–H groups in total. The van der Waals surface area contributed by atoms with Crippen LogP contribution in [0.5, 0.6) is 17.2 Å². The summed E-state index contributed by atoms with van der Waals surface area (Å²) in [6, 6.07) is 12.6. The summed E-state index contributed by atoms with van der Waals surface area (Å²) < 4.78 is 42.8. The molecular formula is C23H30N2O6S. The highest BCUT2D eigenvalue weighted by atomic mass is 32.2. The van der Waals surface area contributed by atoms with E-state index in [2.05, 4.69) is 5.32 Å². The van der Waals surface area contributed by atoms with Crippen molar-refractivity contribution in [1.29, 1.82) is 0 Å². The average molecular weight is 463 g/mol. The fourth-order valence-corrected chi connectivity index (χ4v) is 4.22. The predicted octanol–water partition coefficient (Wildman–Crippen LogP) is 2.71. The Labute approximate surface area is 189 Å². The number of methoxy groups -OCH3 is 1. The number of hydrogen-bond acceptors (Lipinski definition) is 6. The average Bonchev–Trinajstić information content (AvgIpc) is 2.74. The number of ether oxygens (including phenoxy) is 3. The number of anilines is 1. The number of sulfonamides is 1. The minimum absolute atomic E-state index is 0.0952. The second-order valence-corrected chi connectivity index (χ2v) is 10.6. The molecule has 2 aromatic carbocycles. The van der Waals surface area contributed by atoms with Crippen LogP contribution in [0.15, 0.2) is 42.5 Å². The normalized spacial score (nSPS) is 16.0. The van der Waals surface area contributed by atoms with Crippen LogP contribution in [0.2, 0.25) is 0 Å². The molecule has 3 rings (SSSR count). The van der Waals surface area contributed by atoms with Gasteiger partial charge >= 0.3 is 0 Å². The fourth-order valence-electron chi connectivity index (χ4n) is 3.32. The number of nitrogens with one attached hydrogen (secondary N) is 1. The Morgan fingerprint density at radius 3 is 2.56 bits per heavy atom. The molecule has 1 amide bonds. The molecule has 2 aromatic rings. The van der Waals surface area contributed by atoms with E-state index < -0.39 is 22.0 Å². The van der Waals surface area contributed by atoms with Crippen LogP contribution in [0, 0.1) is 0 Å². The molecule has 1 atom stereocenters. The van der Waals surface area contributed by atoms with Crippen molar-refractivity contribution in [2.75, 3.05) is 37.4 Å². The minimum Gasteiger partial charge on any atom is -0.497 e. The highest BCUT2D eigenvalue weighted by molar-refractivity contribution is 7.92.